The van der Waals surface area contributed by atoms with Crippen molar-refractivity contribution in [1.82, 2.24) is 4.98 Å². The van der Waals surface area contributed by atoms with Gasteiger partial charge < -0.3 is 20.5 Å². The van der Waals surface area contributed by atoms with Crippen LogP contribution in [0.15, 0.2) is 12.3 Å². The quantitative estimate of drug-likeness (QED) is 0.782. The second kappa shape index (κ2) is 5.01. The van der Waals surface area contributed by atoms with Gasteiger partial charge in [0.1, 0.15) is 0 Å². The molecule has 17 heavy (non-hydrogen) atoms. The van der Waals surface area contributed by atoms with Gasteiger partial charge in [0.25, 0.3) is 0 Å². The Morgan fingerprint density at radius 2 is 2.29 bits per heavy atom. The summed E-state index contributed by atoms with van der Waals surface area (Å²) in [5.74, 6) is -0.379. The van der Waals surface area contributed by atoms with Gasteiger partial charge in [-0.2, -0.15) is 0 Å². The van der Waals surface area contributed by atoms with Crippen LogP contribution in [0.3, 0.4) is 0 Å². The Morgan fingerprint density at radius 3 is 3.00 bits per heavy atom. The number of carbonyl (C=O) groups is 1. The van der Waals surface area contributed by atoms with Crippen LogP contribution in [-0.4, -0.2) is 42.4 Å². The molecule has 0 amide bonds. The molecule has 1 aromatic heterocycles. The van der Waals surface area contributed by atoms with Crippen molar-refractivity contribution in [3.8, 4) is 0 Å². The third-order valence-electron chi connectivity index (χ3n) is 2.66. The zero-order valence-electron chi connectivity index (χ0n) is 9.43. The average Bonchev–Trinajstić information content (AvgIpc) is 2.57. The van der Waals surface area contributed by atoms with Gasteiger partial charge in [-0.25, -0.2) is 9.78 Å². The number of carboxylic acid groups (broad SMARTS) is 1. The minimum absolute atomic E-state index is 0.109. The number of hydrogen-bond donors (Lipinski definition) is 2. The van der Waals surface area contributed by atoms with E-state index in [4.69, 9.17) is 15.6 Å². The van der Waals surface area contributed by atoms with Gasteiger partial charge in [0.2, 0.25) is 0 Å². The van der Waals surface area contributed by atoms with E-state index in [9.17, 15) is 4.79 Å². The zero-order chi connectivity index (χ0) is 12.3. The molecule has 3 N–H and O–H groups in total. The van der Waals surface area contributed by atoms with Gasteiger partial charge in [0.15, 0.2) is 5.82 Å². The second-order valence-electron chi connectivity index (χ2n) is 3.89. The summed E-state index contributed by atoms with van der Waals surface area (Å²) < 4.78 is 5.34. The van der Waals surface area contributed by atoms with Crippen molar-refractivity contribution in [2.75, 3.05) is 36.9 Å². The summed E-state index contributed by atoms with van der Waals surface area (Å²) in [5, 5.41) is 8.83. The van der Waals surface area contributed by atoms with Gasteiger partial charge >= 0.3 is 5.97 Å². The van der Waals surface area contributed by atoms with Crippen LogP contribution in [0.5, 0.6) is 0 Å². The van der Waals surface area contributed by atoms with E-state index in [0.717, 1.165) is 26.1 Å². The number of pyridine rings is 1. The van der Waals surface area contributed by atoms with Crippen molar-refractivity contribution in [2.45, 2.75) is 6.42 Å². The van der Waals surface area contributed by atoms with E-state index in [1.54, 1.807) is 0 Å². The van der Waals surface area contributed by atoms with E-state index in [0.29, 0.717) is 18.1 Å². The number of anilines is 2. The van der Waals surface area contributed by atoms with Crippen LogP contribution in [0.4, 0.5) is 11.5 Å². The SMILES string of the molecule is Nc1cc(C(=O)O)cnc1N1CCCOCC1. The number of aromatic nitrogens is 1. The second-order valence-corrected chi connectivity index (χ2v) is 3.89. The van der Waals surface area contributed by atoms with Crippen molar-refractivity contribution >= 4 is 17.5 Å². The lowest BCUT2D eigenvalue weighted by Gasteiger charge is -2.22. The number of ether oxygens (including phenoxy) is 1. The summed E-state index contributed by atoms with van der Waals surface area (Å²) in [7, 11) is 0. The number of hydrogen-bond acceptors (Lipinski definition) is 5. The van der Waals surface area contributed by atoms with E-state index < -0.39 is 5.97 Å². The van der Waals surface area contributed by atoms with Crippen molar-refractivity contribution in [1.29, 1.82) is 0 Å². The Balaban J connectivity index is 2.22. The maximum Gasteiger partial charge on any atom is 0.337 e. The number of rotatable bonds is 2. The topological polar surface area (TPSA) is 88.7 Å². The molecule has 0 bridgehead atoms. The molecule has 0 atom stereocenters. The molecule has 1 saturated heterocycles. The highest BCUT2D eigenvalue weighted by Gasteiger charge is 2.15. The van der Waals surface area contributed by atoms with Crippen LogP contribution in [0.2, 0.25) is 0 Å². The smallest absolute Gasteiger partial charge is 0.337 e. The van der Waals surface area contributed by atoms with E-state index >= 15 is 0 Å². The standard InChI is InChI=1S/C11H15N3O3/c12-9-6-8(11(15)16)7-13-10(9)14-2-1-4-17-5-3-14/h6-7H,1-5,12H2,(H,15,16). The highest BCUT2D eigenvalue weighted by molar-refractivity contribution is 5.89. The maximum atomic E-state index is 10.8. The fraction of sp³-hybridized carbons (Fsp3) is 0.455. The summed E-state index contributed by atoms with van der Waals surface area (Å²) in [6.45, 7) is 2.93. The summed E-state index contributed by atoms with van der Waals surface area (Å²) in [4.78, 5) is 16.9. The molecule has 1 aromatic rings. The Bertz CT molecular complexity index is 414. The van der Waals surface area contributed by atoms with Crippen molar-refractivity contribution in [3.05, 3.63) is 17.8 Å². The molecular weight excluding hydrogens is 222 g/mol. The predicted octanol–water partition coefficient (Wildman–Crippen LogP) is 0.589. The molecule has 0 spiro atoms. The summed E-state index contributed by atoms with van der Waals surface area (Å²) >= 11 is 0. The highest BCUT2D eigenvalue weighted by Crippen LogP contribution is 2.22. The van der Waals surface area contributed by atoms with E-state index in [1.165, 1.54) is 12.3 Å². The van der Waals surface area contributed by atoms with Gasteiger partial charge in [-0.1, -0.05) is 0 Å². The van der Waals surface area contributed by atoms with Crippen LogP contribution in [0, 0.1) is 0 Å². The van der Waals surface area contributed by atoms with Crippen molar-refractivity contribution < 1.29 is 14.6 Å². The molecule has 6 nitrogen and oxygen atoms in total. The van der Waals surface area contributed by atoms with Gasteiger partial charge in [-0.3, -0.25) is 0 Å². The summed E-state index contributed by atoms with van der Waals surface area (Å²) in [6, 6.07) is 1.44. The Kier molecular flexibility index (Phi) is 3.43. The number of nitrogens with zero attached hydrogens (tertiary/aromatic N) is 2. The van der Waals surface area contributed by atoms with Crippen molar-refractivity contribution in [3.63, 3.8) is 0 Å². The minimum atomic E-state index is -1.02. The predicted molar refractivity (Wildman–Crippen MR) is 63.3 cm³/mol. The van der Waals surface area contributed by atoms with Crippen LogP contribution >= 0.6 is 0 Å². The fourth-order valence-electron chi connectivity index (χ4n) is 1.81. The van der Waals surface area contributed by atoms with Crippen LogP contribution in [0.25, 0.3) is 0 Å². The monoisotopic (exact) mass is 237 g/mol. The zero-order valence-corrected chi connectivity index (χ0v) is 9.43. The lowest BCUT2D eigenvalue weighted by molar-refractivity contribution is 0.0696. The van der Waals surface area contributed by atoms with Gasteiger partial charge in [-0.15, -0.1) is 0 Å². The van der Waals surface area contributed by atoms with E-state index in [-0.39, 0.29) is 5.56 Å². The van der Waals surface area contributed by atoms with Crippen LogP contribution in [-0.2, 0) is 4.74 Å². The Labute approximate surface area is 99.0 Å². The lowest BCUT2D eigenvalue weighted by Crippen LogP contribution is -2.27. The van der Waals surface area contributed by atoms with Gasteiger partial charge in [0.05, 0.1) is 17.9 Å². The number of aromatic carboxylic acids is 1. The fourth-order valence-corrected chi connectivity index (χ4v) is 1.81. The molecule has 1 aliphatic heterocycles. The van der Waals surface area contributed by atoms with Crippen LogP contribution < -0.4 is 10.6 Å². The molecule has 92 valence electrons. The minimum Gasteiger partial charge on any atom is -0.478 e. The van der Waals surface area contributed by atoms with E-state index in [1.807, 2.05) is 4.90 Å². The first kappa shape index (κ1) is 11.7. The Hall–Kier alpha value is -1.82. The molecule has 0 aliphatic carbocycles. The Morgan fingerprint density at radius 1 is 1.47 bits per heavy atom. The molecule has 2 rings (SSSR count). The third kappa shape index (κ3) is 2.65. The molecule has 0 saturated carbocycles. The molecule has 2 heterocycles. The molecule has 6 heteroatoms. The third-order valence-corrected chi connectivity index (χ3v) is 2.66. The molecule has 1 aliphatic rings. The number of nitrogens with two attached hydrogens (primary N) is 1. The average molecular weight is 237 g/mol. The van der Waals surface area contributed by atoms with Crippen molar-refractivity contribution in [2.24, 2.45) is 0 Å². The van der Waals surface area contributed by atoms with Gasteiger partial charge in [0, 0.05) is 25.9 Å². The molecule has 0 unspecified atom stereocenters. The number of carboxylic acids is 1. The highest BCUT2D eigenvalue weighted by atomic mass is 16.5. The summed E-state index contributed by atoms with van der Waals surface area (Å²) in [5.41, 5.74) is 6.34. The molecular formula is C11H15N3O3. The van der Waals surface area contributed by atoms with Gasteiger partial charge in [-0.05, 0) is 12.5 Å². The molecule has 0 aromatic carbocycles. The first-order chi connectivity index (χ1) is 8.18. The van der Waals surface area contributed by atoms with E-state index in [2.05, 4.69) is 4.98 Å². The van der Waals surface area contributed by atoms with Crippen LogP contribution in [0.1, 0.15) is 16.8 Å². The number of nitrogen functional groups attached to an aromatic ring is 1. The maximum absolute atomic E-state index is 10.8. The molecule has 0 radical (unpaired) electrons. The lowest BCUT2D eigenvalue weighted by atomic mass is 10.2. The molecule has 1 fully saturated rings. The first-order valence-corrected chi connectivity index (χ1v) is 5.50. The summed E-state index contributed by atoms with van der Waals surface area (Å²) in [6.07, 6.45) is 2.25. The largest absolute Gasteiger partial charge is 0.478 e. The first-order valence-electron chi connectivity index (χ1n) is 5.50. The normalized spacial score (nSPS) is 16.6.